The van der Waals surface area contributed by atoms with Gasteiger partial charge in [0, 0.05) is 4.88 Å². The monoisotopic (exact) mass is 491 g/mol. The fourth-order valence-electron chi connectivity index (χ4n) is 4.82. The number of thiophene rings is 1. The molecule has 2 heterocycles. The molecule has 5 rings (SSSR count). The van der Waals surface area contributed by atoms with Crippen LogP contribution in [0.25, 0.3) is 10.8 Å². The number of benzene rings is 2. The molecule has 2 aromatic carbocycles. The summed E-state index contributed by atoms with van der Waals surface area (Å²) in [7, 11) is 1.31. The van der Waals surface area contributed by atoms with Crippen molar-refractivity contribution >= 4 is 50.9 Å². The highest BCUT2D eigenvalue weighted by Crippen LogP contribution is 2.38. The van der Waals surface area contributed by atoms with Gasteiger partial charge in [-0.05, 0) is 60.6 Å². The Balaban J connectivity index is 1.37. The fraction of sp³-hybridized carbons (Fsp3) is 0.308. The van der Waals surface area contributed by atoms with E-state index in [-0.39, 0.29) is 0 Å². The maximum atomic E-state index is 13.3. The van der Waals surface area contributed by atoms with Crippen molar-refractivity contribution in [1.29, 1.82) is 0 Å². The van der Waals surface area contributed by atoms with Crippen LogP contribution in [0.5, 0.6) is 0 Å². The number of urea groups is 1. The standard InChI is InChI=1S/C26H25N3O5S/c1-26(17-12-11-15-7-3-4-8-16(15)13-17)24(32)29(25(33)28-26)14-20(30)27-22-21(23(31)34-2)18-9-5-6-10-19(18)35-22/h3-4,7-8,11-13H,5-6,9-10,14H2,1-2H3,(H,27,30)(H,28,33). The highest BCUT2D eigenvalue weighted by atomic mass is 32.1. The summed E-state index contributed by atoms with van der Waals surface area (Å²) in [6, 6.07) is 12.7. The molecule has 1 unspecified atom stereocenters. The van der Waals surface area contributed by atoms with Crippen LogP contribution in [0.3, 0.4) is 0 Å². The summed E-state index contributed by atoms with van der Waals surface area (Å²) in [5.74, 6) is -1.56. The quantitative estimate of drug-likeness (QED) is 0.415. The molecule has 1 atom stereocenters. The Kier molecular flexibility index (Phi) is 5.80. The number of methoxy groups -OCH3 is 1. The van der Waals surface area contributed by atoms with Gasteiger partial charge in [-0.25, -0.2) is 9.59 Å². The zero-order chi connectivity index (χ0) is 24.7. The molecule has 180 valence electrons. The Morgan fingerprint density at radius 3 is 2.63 bits per heavy atom. The van der Waals surface area contributed by atoms with Gasteiger partial charge in [-0.1, -0.05) is 36.4 Å². The molecule has 1 aromatic heterocycles. The van der Waals surface area contributed by atoms with E-state index in [0.717, 1.165) is 51.8 Å². The van der Waals surface area contributed by atoms with Gasteiger partial charge in [0.1, 0.15) is 17.1 Å². The van der Waals surface area contributed by atoms with Crippen LogP contribution in [0.1, 0.15) is 46.1 Å². The van der Waals surface area contributed by atoms with Gasteiger partial charge in [-0.3, -0.25) is 14.5 Å². The topological polar surface area (TPSA) is 105 Å². The Bertz CT molecular complexity index is 1380. The van der Waals surface area contributed by atoms with Crippen molar-refractivity contribution in [2.45, 2.75) is 38.1 Å². The summed E-state index contributed by atoms with van der Waals surface area (Å²) in [4.78, 5) is 53.4. The minimum absolute atomic E-state index is 0.374. The van der Waals surface area contributed by atoms with Crippen LogP contribution in [-0.4, -0.2) is 42.4 Å². The van der Waals surface area contributed by atoms with Gasteiger partial charge < -0.3 is 15.4 Å². The van der Waals surface area contributed by atoms with Crippen molar-refractivity contribution in [3.05, 3.63) is 64.0 Å². The van der Waals surface area contributed by atoms with Gasteiger partial charge in [-0.15, -0.1) is 11.3 Å². The number of hydrogen-bond donors (Lipinski definition) is 2. The number of esters is 1. The number of carbonyl (C=O) groups is 4. The van der Waals surface area contributed by atoms with Crippen molar-refractivity contribution in [3.8, 4) is 0 Å². The number of amides is 4. The van der Waals surface area contributed by atoms with Crippen LogP contribution in [0.2, 0.25) is 0 Å². The highest BCUT2D eigenvalue weighted by Gasteiger charge is 2.49. The minimum Gasteiger partial charge on any atom is -0.465 e. The first-order chi connectivity index (χ1) is 16.8. The largest absolute Gasteiger partial charge is 0.465 e. The lowest BCUT2D eigenvalue weighted by atomic mass is 9.90. The van der Waals surface area contributed by atoms with Gasteiger partial charge in [0.05, 0.1) is 12.7 Å². The van der Waals surface area contributed by atoms with E-state index in [1.165, 1.54) is 18.4 Å². The summed E-state index contributed by atoms with van der Waals surface area (Å²) >= 11 is 1.35. The second kappa shape index (κ2) is 8.81. The number of rotatable bonds is 5. The first-order valence-corrected chi connectivity index (χ1v) is 12.3. The molecular weight excluding hydrogens is 466 g/mol. The van der Waals surface area contributed by atoms with E-state index >= 15 is 0 Å². The molecule has 8 nitrogen and oxygen atoms in total. The number of ether oxygens (including phenoxy) is 1. The van der Waals surface area contributed by atoms with E-state index in [1.54, 1.807) is 6.92 Å². The van der Waals surface area contributed by atoms with E-state index in [0.29, 0.717) is 16.1 Å². The van der Waals surface area contributed by atoms with Crippen LogP contribution < -0.4 is 10.6 Å². The van der Waals surface area contributed by atoms with Crippen LogP contribution in [0.15, 0.2) is 42.5 Å². The molecule has 1 saturated heterocycles. The number of aryl methyl sites for hydroxylation is 1. The van der Waals surface area contributed by atoms with E-state index in [1.807, 2.05) is 42.5 Å². The zero-order valence-corrected chi connectivity index (χ0v) is 20.3. The first-order valence-electron chi connectivity index (χ1n) is 11.5. The molecule has 2 N–H and O–H groups in total. The molecule has 4 amide bonds. The predicted molar refractivity (Wildman–Crippen MR) is 132 cm³/mol. The summed E-state index contributed by atoms with van der Waals surface area (Å²) in [6.45, 7) is 1.18. The maximum Gasteiger partial charge on any atom is 0.341 e. The number of fused-ring (bicyclic) bond motifs is 2. The van der Waals surface area contributed by atoms with Crippen molar-refractivity contribution in [1.82, 2.24) is 10.2 Å². The second-order valence-electron chi connectivity index (χ2n) is 8.96. The van der Waals surface area contributed by atoms with Crippen LogP contribution >= 0.6 is 11.3 Å². The normalized spacial score (nSPS) is 19.4. The summed E-state index contributed by atoms with van der Waals surface area (Å²) in [6.07, 6.45) is 3.59. The van der Waals surface area contributed by atoms with E-state index < -0.39 is 35.9 Å². The van der Waals surface area contributed by atoms with Crippen LogP contribution in [0, 0.1) is 0 Å². The molecule has 0 saturated carbocycles. The number of nitrogens with zero attached hydrogens (tertiary/aromatic N) is 1. The third-order valence-electron chi connectivity index (χ3n) is 6.72. The molecule has 0 radical (unpaired) electrons. The molecule has 1 aliphatic carbocycles. The lowest BCUT2D eigenvalue weighted by Gasteiger charge is -2.22. The van der Waals surface area contributed by atoms with E-state index in [2.05, 4.69) is 10.6 Å². The Morgan fingerprint density at radius 1 is 1.11 bits per heavy atom. The van der Waals surface area contributed by atoms with Crippen LogP contribution in [0.4, 0.5) is 9.80 Å². The maximum absolute atomic E-state index is 13.3. The van der Waals surface area contributed by atoms with Crippen molar-refractivity contribution < 1.29 is 23.9 Å². The van der Waals surface area contributed by atoms with Gasteiger partial charge in [-0.2, -0.15) is 0 Å². The highest BCUT2D eigenvalue weighted by molar-refractivity contribution is 7.17. The Hall–Kier alpha value is -3.72. The van der Waals surface area contributed by atoms with E-state index in [4.69, 9.17) is 4.74 Å². The van der Waals surface area contributed by atoms with Crippen molar-refractivity contribution in [3.63, 3.8) is 0 Å². The van der Waals surface area contributed by atoms with E-state index in [9.17, 15) is 19.2 Å². The summed E-state index contributed by atoms with van der Waals surface area (Å²) < 4.78 is 4.95. The lowest BCUT2D eigenvalue weighted by molar-refractivity contribution is -0.133. The molecule has 1 fully saturated rings. The molecular formula is C26H25N3O5S. The number of carbonyl (C=O) groups excluding carboxylic acids is 4. The smallest absolute Gasteiger partial charge is 0.341 e. The number of imide groups is 1. The number of nitrogens with one attached hydrogen (secondary N) is 2. The molecule has 0 bridgehead atoms. The summed E-state index contributed by atoms with van der Waals surface area (Å²) in [5.41, 5.74) is 0.637. The van der Waals surface area contributed by atoms with Crippen LogP contribution in [-0.2, 0) is 32.7 Å². The number of hydrogen-bond acceptors (Lipinski definition) is 6. The first kappa shape index (κ1) is 23.0. The SMILES string of the molecule is COC(=O)c1c(NC(=O)CN2C(=O)NC(C)(c3ccc4ccccc4c3)C2=O)sc2c1CCCC2. The molecule has 2 aliphatic rings. The molecule has 35 heavy (non-hydrogen) atoms. The van der Waals surface area contributed by atoms with Gasteiger partial charge >= 0.3 is 12.0 Å². The number of anilines is 1. The molecule has 1 aliphatic heterocycles. The Morgan fingerprint density at radius 2 is 1.86 bits per heavy atom. The summed E-state index contributed by atoms with van der Waals surface area (Å²) in [5, 5.41) is 7.86. The van der Waals surface area contributed by atoms with Gasteiger partial charge in [0.25, 0.3) is 5.91 Å². The minimum atomic E-state index is -1.29. The zero-order valence-electron chi connectivity index (χ0n) is 19.5. The third kappa shape index (κ3) is 3.95. The molecule has 9 heteroatoms. The predicted octanol–water partition coefficient (Wildman–Crippen LogP) is 3.97. The fourth-order valence-corrected chi connectivity index (χ4v) is 6.11. The third-order valence-corrected chi connectivity index (χ3v) is 7.92. The van der Waals surface area contributed by atoms with Gasteiger partial charge in [0.15, 0.2) is 0 Å². The average molecular weight is 492 g/mol. The average Bonchev–Trinajstić information content (AvgIpc) is 3.33. The second-order valence-corrected chi connectivity index (χ2v) is 10.1. The van der Waals surface area contributed by atoms with Crippen molar-refractivity contribution in [2.24, 2.45) is 0 Å². The van der Waals surface area contributed by atoms with Gasteiger partial charge in [0.2, 0.25) is 5.91 Å². The molecule has 3 aromatic rings. The van der Waals surface area contributed by atoms with Crippen molar-refractivity contribution in [2.75, 3.05) is 19.0 Å². The Labute approximate surface area is 206 Å². The molecule has 0 spiro atoms. The lowest BCUT2D eigenvalue weighted by Crippen LogP contribution is -2.42.